The summed E-state index contributed by atoms with van der Waals surface area (Å²) >= 11 is 0. The SMILES string of the molecule is CC(=O)CC(C)=O.[Ag]. The number of ketones is 2. The molecule has 1 radical (unpaired) electrons. The second-order valence-electron chi connectivity index (χ2n) is 1.58. The Balaban J connectivity index is 0. The summed E-state index contributed by atoms with van der Waals surface area (Å²) in [7, 11) is 0. The molecular formula is C5H8AgO2. The van der Waals surface area contributed by atoms with Crippen LogP contribution in [0.25, 0.3) is 0 Å². The van der Waals surface area contributed by atoms with Gasteiger partial charge in [0.05, 0.1) is 6.42 Å². The molecule has 0 aliphatic carbocycles. The monoisotopic (exact) mass is 207 g/mol. The predicted octanol–water partition coefficient (Wildman–Crippen LogP) is 0.552. The zero-order valence-corrected chi connectivity index (χ0v) is 6.31. The fourth-order valence-corrected chi connectivity index (χ4v) is 0.351. The first kappa shape index (κ1) is 11.0. The number of Topliss-reactive ketones (excluding diaryl/α,β-unsaturated/α-hetero) is 2. The molecule has 0 amide bonds. The molecule has 0 unspecified atom stereocenters. The standard InChI is InChI=1S/C5H8O2.Ag/c1-4(6)3-5(2)7;/h3H2,1-2H3;. The van der Waals surface area contributed by atoms with E-state index >= 15 is 0 Å². The molecule has 8 heavy (non-hydrogen) atoms. The number of carbonyl (C=O) groups is 2. The third-order valence-electron chi connectivity index (χ3n) is 0.498. The van der Waals surface area contributed by atoms with Crippen molar-refractivity contribution >= 4 is 11.6 Å². The van der Waals surface area contributed by atoms with Crippen LogP contribution in [0.15, 0.2) is 0 Å². The first-order valence-corrected chi connectivity index (χ1v) is 2.12. The van der Waals surface area contributed by atoms with Crippen LogP contribution in [-0.2, 0) is 32.0 Å². The summed E-state index contributed by atoms with van der Waals surface area (Å²) in [5.41, 5.74) is 0. The van der Waals surface area contributed by atoms with E-state index in [1.807, 2.05) is 0 Å². The molecular weight excluding hydrogens is 200 g/mol. The Hall–Kier alpha value is 0.0803. The molecule has 3 heteroatoms. The van der Waals surface area contributed by atoms with E-state index in [4.69, 9.17) is 0 Å². The van der Waals surface area contributed by atoms with Crippen molar-refractivity contribution < 1.29 is 32.0 Å². The van der Waals surface area contributed by atoms with Crippen molar-refractivity contribution in [2.45, 2.75) is 20.3 Å². The average Bonchev–Trinajstić information content (AvgIpc) is 1.27. The van der Waals surface area contributed by atoms with E-state index in [0.717, 1.165) is 0 Å². The predicted molar refractivity (Wildman–Crippen MR) is 26.0 cm³/mol. The van der Waals surface area contributed by atoms with E-state index < -0.39 is 0 Å². The van der Waals surface area contributed by atoms with Crippen molar-refractivity contribution in [1.29, 1.82) is 0 Å². The molecule has 0 aromatic rings. The van der Waals surface area contributed by atoms with Gasteiger partial charge in [-0.25, -0.2) is 0 Å². The van der Waals surface area contributed by atoms with Gasteiger partial charge in [-0.15, -0.1) is 0 Å². The van der Waals surface area contributed by atoms with Gasteiger partial charge in [-0.1, -0.05) is 0 Å². The number of rotatable bonds is 2. The van der Waals surface area contributed by atoms with Crippen LogP contribution < -0.4 is 0 Å². The Kier molecular flexibility index (Phi) is 7.15. The number of hydrogen-bond acceptors (Lipinski definition) is 2. The van der Waals surface area contributed by atoms with Crippen molar-refractivity contribution in [3.05, 3.63) is 0 Å². The van der Waals surface area contributed by atoms with Crippen LogP contribution in [0.1, 0.15) is 20.3 Å². The van der Waals surface area contributed by atoms with Crippen molar-refractivity contribution in [2.75, 3.05) is 0 Å². The molecule has 0 N–H and O–H groups in total. The Bertz CT molecular complexity index is 86.6. The molecule has 0 rings (SSSR count). The first-order valence-electron chi connectivity index (χ1n) is 2.12. The van der Waals surface area contributed by atoms with Crippen molar-refractivity contribution in [3.63, 3.8) is 0 Å². The Labute approximate surface area is 64.2 Å². The minimum atomic E-state index is -0.0625. The van der Waals surface area contributed by atoms with Gasteiger partial charge < -0.3 is 0 Å². The van der Waals surface area contributed by atoms with Gasteiger partial charge >= 0.3 is 0 Å². The summed E-state index contributed by atoms with van der Waals surface area (Å²) in [6, 6.07) is 0. The van der Waals surface area contributed by atoms with E-state index in [0.29, 0.717) is 0 Å². The molecule has 2 nitrogen and oxygen atoms in total. The summed E-state index contributed by atoms with van der Waals surface area (Å²) in [6.45, 7) is 2.81. The second-order valence-corrected chi connectivity index (χ2v) is 1.58. The molecule has 0 aromatic heterocycles. The summed E-state index contributed by atoms with van der Waals surface area (Å²) in [5.74, 6) is -0.125. The van der Waals surface area contributed by atoms with E-state index in [1.54, 1.807) is 0 Å². The van der Waals surface area contributed by atoms with Gasteiger partial charge in [0.25, 0.3) is 0 Å². The van der Waals surface area contributed by atoms with Gasteiger partial charge in [-0.05, 0) is 13.8 Å². The van der Waals surface area contributed by atoms with Gasteiger partial charge in [-0.3, -0.25) is 9.59 Å². The van der Waals surface area contributed by atoms with Gasteiger partial charge in [-0.2, -0.15) is 0 Å². The summed E-state index contributed by atoms with van der Waals surface area (Å²) in [6.07, 6.45) is 0.0833. The molecule has 0 aliphatic rings. The zero-order valence-electron chi connectivity index (χ0n) is 4.83. The van der Waals surface area contributed by atoms with Crippen LogP contribution in [0, 0.1) is 0 Å². The maximum absolute atomic E-state index is 10.0. The summed E-state index contributed by atoms with van der Waals surface area (Å²) < 4.78 is 0. The molecule has 0 saturated heterocycles. The van der Waals surface area contributed by atoms with Gasteiger partial charge in [0.2, 0.25) is 0 Å². The van der Waals surface area contributed by atoms with Crippen molar-refractivity contribution in [1.82, 2.24) is 0 Å². The van der Waals surface area contributed by atoms with E-state index in [2.05, 4.69) is 0 Å². The van der Waals surface area contributed by atoms with Crippen molar-refractivity contribution in [3.8, 4) is 0 Å². The van der Waals surface area contributed by atoms with Crippen LogP contribution in [0.2, 0.25) is 0 Å². The van der Waals surface area contributed by atoms with Gasteiger partial charge in [0.15, 0.2) is 0 Å². The maximum Gasteiger partial charge on any atom is 0.137 e. The molecule has 0 saturated carbocycles. The fraction of sp³-hybridized carbons (Fsp3) is 0.600. The largest absolute Gasteiger partial charge is 0.300 e. The van der Waals surface area contributed by atoms with Crippen LogP contribution in [-0.4, -0.2) is 11.6 Å². The fourth-order valence-electron chi connectivity index (χ4n) is 0.351. The average molecular weight is 208 g/mol. The maximum atomic E-state index is 10.0. The zero-order chi connectivity index (χ0) is 5.86. The molecule has 0 fully saturated rings. The van der Waals surface area contributed by atoms with E-state index in [-0.39, 0.29) is 40.4 Å². The number of carbonyl (C=O) groups excluding carboxylic acids is 2. The van der Waals surface area contributed by atoms with Crippen LogP contribution >= 0.6 is 0 Å². The second kappa shape index (κ2) is 5.22. The summed E-state index contributed by atoms with van der Waals surface area (Å²) in [5, 5.41) is 0. The molecule has 0 spiro atoms. The minimum Gasteiger partial charge on any atom is -0.300 e. The third-order valence-corrected chi connectivity index (χ3v) is 0.498. The van der Waals surface area contributed by atoms with Crippen LogP contribution in [0.3, 0.4) is 0 Å². The molecule has 0 bridgehead atoms. The Morgan fingerprint density at radius 3 is 1.38 bits per heavy atom. The van der Waals surface area contributed by atoms with E-state index in [1.165, 1.54) is 13.8 Å². The van der Waals surface area contributed by atoms with Crippen LogP contribution in [0.5, 0.6) is 0 Å². The molecule has 0 atom stereocenters. The third kappa shape index (κ3) is 9.43. The molecule has 51 valence electrons. The summed E-state index contributed by atoms with van der Waals surface area (Å²) in [4.78, 5) is 20.1. The smallest absolute Gasteiger partial charge is 0.137 e. The van der Waals surface area contributed by atoms with Gasteiger partial charge in [0, 0.05) is 22.4 Å². The van der Waals surface area contributed by atoms with Gasteiger partial charge in [0.1, 0.15) is 11.6 Å². The minimum absolute atomic E-state index is 0. The first-order chi connectivity index (χ1) is 3.13. The normalized spacial score (nSPS) is 7.25. The van der Waals surface area contributed by atoms with Crippen LogP contribution in [0.4, 0.5) is 0 Å². The molecule has 0 aliphatic heterocycles. The van der Waals surface area contributed by atoms with Crippen molar-refractivity contribution in [2.24, 2.45) is 0 Å². The topological polar surface area (TPSA) is 34.1 Å². The molecule has 0 heterocycles. The Morgan fingerprint density at radius 2 is 1.38 bits per heavy atom. The molecule has 0 aromatic carbocycles. The number of hydrogen-bond donors (Lipinski definition) is 0. The van der Waals surface area contributed by atoms with E-state index in [9.17, 15) is 9.59 Å². The Morgan fingerprint density at radius 1 is 1.12 bits per heavy atom. The quantitative estimate of drug-likeness (QED) is 0.490.